The lowest BCUT2D eigenvalue weighted by molar-refractivity contribution is -0.385. The van der Waals surface area contributed by atoms with Crippen LogP contribution in [0, 0.1) is 20.2 Å². The van der Waals surface area contributed by atoms with Crippen molar-refractivity contribution in [2.75, 3.05) is 5.75 Å². The van der Waals surface area contributed by atoms with Crippen LogP contribution in [0.1, 0.15) is 23.3 Å². The molecule has 2 aromatic carbocycles. The fourth-order valence-electron chi connectivity index (χ4n) is 4.07. The minimum Gasteiger partial charge on any atom is -0.465 e. The van der Waals surface area contributed by atoms with Gasteiger partial charge in [-0.3, -0.25) is 34.7 Å². The third kappa shape index (κ3) is 6.79. The second kappa shape index (κ2) is 13.0. The van der Waals surface area contributed by atoms with E-state index in [1.807, 2.05) is 0 Å². The number of ether oxygens (including phenoxy) is 2. The average Bonchev–Trinajstić information content (AvgIpc) is 3.64. The molecule has 0 spiro atoms. The zero-order valence-electron chi connectivity index (χ0n) is 22.1. The van der Waals surface area contributed by atoms with E-state index in [0.29, 0.717) is 26.7 Å². The number of carbonyl (C=O) groups excluding carboxylic acids is 3. The summed E-state index contributed by atoms with van der Waals surface area (Å²) in [5, 5.41) is 21.2. The summed E-state index contributed by atoms with van der Waals surface area (Å²) in [6, 6.07) is 14.6. The molecule has 1 amide bonds. The number of esters is 2. The van der Waals surface area contributed by atoms with E-state index in [0.717, 1.165) is 0 Å². The van der Waals surface area contributed by atoms with Crippen LogP contribution in [0.15, 0.2) is 86.9 Å². The quantitative estimate of drug-likeness (QED) is 0.0852. The molecule has 1 aromatic heterocycles. The summed E-state index contributed by atoms with van der Waals surface area (Å²) in [5.41, 5.74) is 1.46. The van der Waals surface area contributed by atoms with Crippen molar-refractivity contribution in [2.45, 2.75) is 25.0 Å². The van der Waals surface area contributed by atoms with Crippen molar-refractivity contribution in [1.29, 1.82) is 0 Å². The molecule has 13 nitrogen and oxygen atoms in total. The highest BCUT2D eigenvalue weighted by molar-refractivity contribution is 8.22. The molecule has 0 bridgehead atoms. The van der Waals surface area contributed by atoms with Crippen LogP contribution < -0.4 is 0 Å². The van der Waals surface area contributed by atoms with Crippen molar-refractivity contribution in [3.63, 3.8) is 0 Å². The third-order valence-electron chi connectivity index (χ3n) is 6.26. The summed E-state index contributed by atoms with van der Waals surface area (Å²) in [7, 11) is 0. The second-order valence-corrected chi connectivity index (χ2v) is 11.5. The maximum Gasteiger partial charge on any atom is 0.357 e. The van der Waals surface area contributed by atoms with Gasteiger partial charge >= 0.3 is 11.9 Å². The molecule has 43 heavy (non-hydrogen) atoms. The van der Waals surface area contributed by atoms with Crippen LogP contribution in [-0.2, 0) is 37.1 Å². The molecular weight excluding hydrogens is 602 g/mol. The topological polar surface area (TPSA) is 172 Å². The molecule has 3 heterocycles. The first-order valence-corrected chi connectivity index (χ1v) is 14.5. The largest absolute Gasteiger partial charge is 0.465 e. The molecule has 1 saturated heterocycles. The normalized spacial score (nSPS) is 16.6. The lowest BCUT2D eigenvalue weighted by atomic mass is 10.0. The standard InChI is InChI=1S/C28H21N3O10S2/c32-23(40-15-17-3-7-19(8-4-17)30(35)36)11-13-42-28-24(27(34)41-16-18-5-9-20(10-6-18)31(37)38)29-25(33)22(26(29)43-28)14-21-2-1-12-39-21/h1-10,12,14,26H,11,13,15-16H2/b22-14-/t26-/m1/s1. The van der Waals surface area contributed by atoms with Gasteiger partial charge < -0.3 is 13.9 Å². The molecule has 1 fully saturated rings. The summed E-state index contributed by atoms with van der Waals surface area (Å²) >= 11 is 2.49. The Morgan fingerprint density at radius 1 is 0.953 bits per heavy atom. The molecule has 0 unspecified atom stereocenters. The molecule has 1 atom stereocenters. The number of furan rings is 1. The number of nitro benzene ring substituents is 2. The smallest absolute Gasteiger partial charge is 0.357 e. The van der Waals surface area contributed by atoms with Gasteiger partial charge in [-0.05, 0) is 53.6 Å². The Kier molecular flexibility index (Phi) is 8.92. The van der Waals surface area contributed by atoms with Crippen molar-refractivity contribution in [3.05, 3.63) is 120 Å². The van der Waals surface area contributed by atoms with E-state index in [2.05, 4.69) is 0 Å². The van der Waals surface area contributed by atoms with Crippen LogP contribution in [0.2, 0.25) is 0 Å². The number of hydrogen-bond donors (Lipinski definition) is 0. The fraction of sp³-hybridized carbons (Fsp3) is 0.179. The number of amides is 1. The van der Waals surface area contributed by atoms with Gasteiger partial charge in [0.2, 0.25) is 0 Å². The Morgan fingerprint density at radius 2 is 1.56 bits per heavy atom. The molecule has 2 aliphatic rings. The summed E-state index contributed by atoms with van der Waals surface area (Å²) < 4.78 is 16.5. The Hall–Kier alpha value is -4.89. The highest BCUT2D eigenvalue weighted by Gasteiger charge is 2.53. The molecule has 0 aliphatic carbocycles. The molecule has 5 rings (SSSR count). The van der Waals surface area contributed by atoms with Crippen LogP contribution in [-0.4, -0.2) is 43.7 Å². The summed E-state index contributed by atoms with van der Waals surface area (Å²) in [4.78, 5) is 60.6. The molecule has 0 saturated carbocycles. The van der Waals surface area contributed by atoms with E-state index in [1.54, 1.807) is 18.2 Å². The van der Waals surface area contributed by atoms with Crippen molar-refractivity contribution in [3.8, 4) is 0 Å². The van der Waals surface area contributed by atoms with Crippen molar-refractivity contribution in [1.82, 2.24) is 4.90 Å². The summed E-state index contributed by atoms with van der Waals surface area (Å²) in [6.07, 6.45) is 3.09. The molecular formula is C28H21N3O10S2. The Bertz CT molecular complexity index is 1630. The van der Waals surface area contributed by atoms with Crippen LogP contribution in [0.4, 0.5) is 11.4 Å². The van der Waals surface area contributed by atoms with E-state index >= 15 is 0 Å². The number of rotatable bonds is 12. The maximum absolute atomic E-state index is 13.2. The van der Waals surface area contributed by atoms with Crippen LogP contribution in [0.3, 0.4) is 0 Å². The van der Waals surface area contributed by atoms with Crippen molar-refractivity contribution < 1.29 is 38.1 Å². The number of fused-ring (bicyclic) bond motifs is 1. The SMILES string of the molecule is O=C(CCSC1=C(C(=O)OCc2ccc([N+](=O)[O-])cc2)N2C(=O)/C(=C/c3ccco3)[C@H]2S1)OCc1ccc([N+](=O)[O-])cc1. The predicted molar refractivity (Wildman–Crippen MR) is 155 cm³/mol. The van der Waals surface area contributed by atoms with Crippen LogP contribution >= 0.6 is 23.5 Å². The lowest BCUT2D eigenvalue weighted by Crippen LogP contribution is -2.51. The zero-order valence-corrected chi connectivity index (χ0v) is 23.7. The van der Waals surface area contributed by atoms with Gasteiger partial charge in [-0.25, -0.2) is 4.79 Å². The Morgan fingerprint density at radius 3 is 2.12 bits per heavy atom. The molecule has 15 heteroatoms. The molecule has 0 N–H and O–H groups in total. The summed E-state index contributed by atoms with van der Waals surface area (Å²) in [5.74, 6) is -0.902. The second-order valence-electron chi connectivity index (χ2n) is 9.08. The van der Waals surface area contributed by atoms with E-state index in [4.69, 9.17) is 13.9 Å². The van der Waals surface area contributed by atoms with E-state index in [-0.39, 0.29) is 48.4 Å². The van der Waals surface area contributed by atoms with Gasteiger partial charge in [0.05, 0.1) is 32.3 Å². The third-order valence-corrected chi connectivity index (χ3v) is 8.86. The lowest BCUT2D eigenvalue weighted by Gasteiger charge is -2.37. The highest BCUT2D eigenvalue weighted by atomic mass is 32.2. The van der Waals surface area contributed by atoms with E-state index in [9.17, 15) is 34.6 Å². The van der Waals surface area contributed by atoms with Crippen LogP contribution in [0.25, 0.3) is 6.08 Å². The first-order valence-electron chi connectivity index (χ1n) is 12.6. The number of nitro groups is 2. The zero-order chi connectivity index (χ0) is 30.5. The average molecular weight is 624 g/mol. The van der Waals surface area contributed by atoms with Crippen LogP contribution in [0.5, 0.6) is 0 Å². The van der Waals surface area contributed by atoms with Gasteiger partial charge in [0, 0.05) is 30.0 Å². The first-order chi connectivity index (χ1) is 20.7. The van der Waals surface area contributed by atoms with Crippen molar-refractivity contribution >= 4 is 58.8 Å². The predicted octanol–water partition coefficient (Wildman–Crippen LogP) is 5.17. The van der Waals surface area contributed by atoms with Gasteiger partial charge in [-0.15, -0.1) is 11.8 Å². The van der Waals surface area contributed by atoms with Gasteiger partial charge in [-0.1, -0.05) is 11.8 Å². The summed E-state index contributed by atoms with van der Waals surface area (Å²) in [6.45, 7) is -0.218. The molecule has 0 radical (unpaired) electrons. The van der Waals surface area contributed by atoms with Gasteiger partial charge in [0.25, 0.3) is 17.3 Å². The number of hydrogen-bond acceptors (Lipinski definition) is 12. The van der Waals surface area contributed by atoms with Gasteiger partial charge in [0.1, 0.15) is 24.3 Å². The molecule has 3 aromatic rings. The van der Waals surface area contributed by atoms with E-state index in [1.165, 1.54) is 83.2 Å². The minimum absolute atomic E-state index is 0.000531. The molecule has 2 aliphatic heterocycles. The monoisotopic (exact) mass is 623 g/mol. The number of non-ortho nitro benzene ring substituents is 2. The Balaban J connectivity index is 1.22. The number of nitrogens with zero attached hydrogens (tertiary/aromatic N) is 3. The number of thioether (sulfide) groups is 2. The van der Waals surface area contributed by atoms with Crippen molar-refractivity contribution in [2.24, 2.45) is 0 Å². The minimum atomic E-state index is -0.748. The van der Waals surface area contributed by atoms with Gasteiger partial charge in [-0.2, -0.15) is 0 Å². The van der Waals surface area contributed by atoms with Gasteiger partial charge in [0.15, 0.2) is 5.70 Å². The maximum atomic E-state index is 13.2. The highest BCUT2D eigenvalue weighted by Crippen LogP contribution is 2.53. The molecule has 220 valence electrons. The number of β-lactam (4-membered cyclic amide) rings is 1. The number of benzene rings is 2. The number of carbonyl (C=O) groups is 3. The fourth-order valence-corrected chi connectivity index (χ4v) is 6.73. The first kappa shape index (κ1) is 29.6. The Labute approximate surface area is 251 Å². The van der Waals surface area contributed by atoms with E-state index < -0.39 is 27.2 Å².